The van der Waals surface area contributed by atoms with Crippen molar-refractivity contribution < 1.29 is 34.4 Å². The number of carbonyl (C=O) groups is 3. The molecule has 0 radical (unpaired) electrons. The summed E-state index contributed by atoms with van der Waals surface area (Å²) in [6.07, 6.45) is 6.65. The van der Waals surface area contributed by atoms with Crippen LogP contribution in [0, 0.1) is 11.8 Å². The molecule has 218 valence electrons. The van der Waals surface area contributed by atoms with Gasteiger partial charge in [-0.2, -0.15) is 0 Å². The fourth-order valence-electron chi connectivity index (χ4n) is 5.63. The third kappa shape index (κ3) is 8.85. The van der Waals surface area contributed by atoms with E-state index in [1.165, 1.54) is 31.0 Å². The Labute approximate surface area is 231 Å². The lowest BCUT2D eigenvalue weighted by molar-refractivity contribution is -0.162. The molecule has 3 rings (SSSR count). The van der Waals surface area contributed by atoms with E-state index < -0.39 is 24.1 Å². The minimum absolute atomic E-state index is 0.0929. The summed E-state index contributed by atoms with van der Waals surface area (Å²) >= 11 is 0. The molecular weight excluding hydrogens is 500 g/mol. The number of phenols is 2. The Morgan fingerprint density at radius 1 is 1.05 bits per heavy atom. The van der Waals surface area contributed by atoms with Crippen molar-refractivity contribution in [2.75, 3.05) is 6.54 Å². The van der Waals surface area contributed by atoms with Crippen molar-refractivity contribution in [2.24, 2.45) is 11.8 Å². The van der Waals surface area contributed by atoms with Crippen molar-refractivity contribution in [3.8, 4) is 11.5 Å². The molecule has 1 aromatic rings. The number of nitrogens with zero attached hydrogens (tertiary/aromatic N) is 1. The van der Waals surface area contributed by atoms with Gasteiger partial charge in [-0.05, 0) is 75.0 Å². The zero-order chi connectivity index (χ0) is 28.5. The summed E-state index contributed by atoms with van der Waals surface area (Å²) in [6.45, 7) is 6.38. The van der Waals surface area contributed by atoms with E-state index in [1.807, 2.05) is 20.8 Å². The highest BCUT2D eigenvalue weighted by atomic mass is 16.5. The Hall–Kier alpha value is -2.81. The standard InChI is InChI=1S/C30H46N2O7/c1-4-8-22(9-5-2)27(31-28(36)26(35)18-21-13-14-24(33)25(34)17-21)29(37)32-15-7-6-10-23(32)30(38)39-19(3)16-20-11-12-20/h13-14,17,19-20,22-23,26-27,33-35H,4-12,15-16,18H2,1-3H3,(H,31,36)/t19?,23-,26+,27-/m0/s1. The van der Waals surface area contributed by atoms with E-state index in [4.69, 9.17) is 4.74 Å². The second kappa shape index (κ2) is 14.5. The van der Waals surface area contributed by atoms with Gasteiger partial charge in [-0.3, -0.25) is 9.59 Å². The van der Waals surface area contributed by atoms with Crippen LogP contribution in [0.25, 0.3) is 0 Å². The van der Waals surface area contributed by atoms with Crippen molar-refractivity contribution in [3.05, 3.63) is 23.8 Å². The molecule has 1 saturated heterocycles. The van der Waals surface area contributed by atoms with Gasteiger partial charge >= 0.3 is 5.97 Å². The maximum absolute atomic E-state index is 14.0. The summed E-state index contributed by atoms with van der Waals surface area (Å²) < 4.78 is 5.76. The molecule has 1 aromatic carbocycles. The lowest BCUT2D eigenvalue weighted by Crippen LogP contribution is -2.59. The van der Waals surface area contributed by atoms with Crippen LogP contribution in [0.1, 0.15) is 90.5 Å². The van der Waals surface area contributed by atoms with E-state index in [1.54, 1.807) is 4.90 Å². The van der Waals surface area contributed by atoms with E-state index in [0.717, 1.165) is 32.1 Å². The maximum atomic E-state index is 14.0. The average molecular weight is 547 g/mol. The van der Waals surface area contributed by atoms with Gasteiger partial charge in [-0.25, -0.2) is 4.79 Å². The molecule has 0 bridgehead atoms. The summed E-state index contributed by atoms with van der Waals surface area (Å²) in [6, 6.07) is 2.54. The SMILES string of the molecule is CCCC(CCC)[C@H](NC(=O)[C@H](O)Cc1ccc(O)c(O)c1)C(=O)N1CCCC[C@H]1C(=O)OC(C)CC1CC1. The lowest BCUT2D eigenvalue weighted by atomic mass is 9.88. The second-order valence-corrected chi connectivity index (χ2v) is 11.3. The van der Waals surface area contributed by atoms with Crippen LogP contribution >= 0.6 is 0 Å². The van der Waals surface area contributed by atoms with Gasteiger partial charge in [0.25, 0.3) is 0 Å². The number of benzene rings is 1. The average Bonchev–Trinajstić information content (AvgIpc) is 3.72. The van der Waals surface area contributed by atoms with Crippen LogP contribution in [-0.2, 0) is 25.5 Å². The quantitative estimate of drug-likeness (QED) is 0.206. The van der Waals surface area contributed by atoms with Crippen molar-refractivity contribution >= 4 is 17.8 Å². The number of aliphatic hydroxyl groups excluding tert-OH is 1. The third-order valence-corrected chi connectivity index (χ3v) is 7.86. The number of rotatable bonds is 14. The molecule has 1 heterocycles. The summed E-state index contributed by atoms with van der Waals surface area (Å²) in [4.78, 5) is 41.9. The van der Waals surface area contributed by atoms with Gasteiger partial charge in [0.15, 0.2) is 11.5 Å². The maximum Gasteiger partial charge on any atom is 0.329 e. The molecule has 0 spiro atoms. The Balaban J connectivity index is 1.76. The van der Waals surface area contributed by atoms with Crippen LogP contribution in [0.3, 0.4) is 0 Å². The summed E-state index contributed by atoms with van der Waals surface area (Å²) in [5, 5.41) is 32.8. The topological polar surface area (TPSA) is 136 Å². The van der Waals surface area contributed by atoms with Crippen LogP contribution in [-0.4, -0.2) is 68.8 Å². The number of likely N-dealkylation sites (tertiary alicyclic amines) is 1. The van der Waals surface area contributed by atoms with E-state index in [-0.39, 0.29) is 41.8 Å². The molecule has 4 atom stereocenters. The number of ether oxygens (including phenoxy) is 1. The molecule has 2 aliphatic rings. The molecule has 9 heteroatoms. The third-order valence-electron chi connectivity index (χ3n) is 7.86. The molecule has 2 fully saturated rings. The first-order chi connectivity index (χ1) is 18.6. The zero-order valence-electron chi connectivity index (χ0n) is 23.6. The number of esters is 1. The molecule has 1 aliphatic carbocycles. The number of carbonyl (C=O) groups excluding carboxylic acids is 3. The molecule has 9 nitrogen and oxygen atoms in total. The van der Waals surface area contributed by atoms with Crippen molar-refractivity contribution in [1.82, 2.24) is 10.2 Å². The first-order valence-electron chi connectivity index (χ1n) is 14.6. The number of piperidine rings is 1. The molecule has 39 heavy (non-hydrogen) atoms. The first-order valence-corrected chi connectivity index (χ1v) is 14.6. The smallest absolute Gasteiger partial charge is 0.329 e. The van der Waals surface area contributed by atoms with Crippen LogP contribution < -0.4 is 5.32 Å². The van der Waals surface area contributed by atoms with Gasteiger partial charge in [0.05, 0.1) is 6.10 Å². The Kier molecular flexibility index (Phi) is 11.5. The Morgan fingerprint density at radius 2 is 1.74 bits per heavy atom. The number of hydrogen-bond donors (Lipinski definition) is 4. The van der Waals surface area contributed by atoms with E-state index in [2.05, 4.69) is 5.32 Å². The molecule has 1 aliphatic heterocycles. The highest BCUT2D eigenvalue weighted by Crippen LogP contribution is 2.34. The predicted octanol–water partition coefficient (Wildman–Crippen LogP) is 3.82. The summed E-state index contributed by atoms with van der Waals surface area (Å²) in [5.41, 5.74) is 0.466. The molecule has 2 amide bonds. The Bertz CT molecular complexity index is 974. The lowest BCUT2D eigenvalue weighted by Gasteiger charge is -2.39. The normalized spacial score (nSPS) is 19.8. The van der Waals surface area contributed by atoms with Crippen molar-refractivity contribution in [1.29, 1.82) is 0 Å². The van der Waals surface area contributed by atoms with Crippen LogP contribution in [0.2, 0.25) is 0 Å². The molecular formula is C30H46N2O7. The number of phenolic OH excluding ortho intramolecular Hbond substituents is 2. The van der Waals surface area contributed by atoms with Crippen LogP contribution in [0.4, 0.5) is 0 Å². The fraction of sp³-hybridized carbons (Fsp3) is 0.700. The van der Waals surface area contributed by atoms with Gasteiger partial charge in [0.1, 0.15) is 18.2 Å². The minimum atomic E-state index is -1.46. The van der Waals surface area contributed by atoms with Gasteiger partial charge in [0.2, 0.25) is 11.8 Å². The van der Waals surface area contributed by atoms with Crippen LogP contribution in [0.15, 0.2) is 18.2 Å². The monoisotopic (exact) mass is 546 g/mol. The number of aromatic hydroxyl groups is 2. The Morgan fingerprint density at radius 3 is 2.36 bits per heavy atom. The number of amides is 2. The molecule has 1 unspecified atom stereocenters. The number of hydrogen-bond acceptors (Lipinski definition) is 7. The van der Waals surface area contributed by atoms with Gasteiger partial charge in [-0.15, -0.1) is 0 Å². The molecule has 0 aromatic heterocycles. The fourth-order valence-corrected chi connectivity index (χ4v) is 5.63. The number of aliphatic hydroxyl groups is 1. The summed E-state index contributed by atoms with van der Waals surface area (Å²) in [7, 11) is 0. The largest absolute Gasteiger partial charge is 0.504 e. The molecule has 4 N–H and O–H groups in total. The first kappa shape index (κ1) is 30.7. The van der Waals surface area contributed by atoms with Crippen LogP contribution in [0.5, 0.6) is 11.5 Å². The van der Waals surface area contributed by atoms with E-state index in [9.17, 15) is 29.7 Å². The van der Waals surface area contributed by atoms with Gasteiger partial charge < -0.3 is 30.3 Å². The highest BCUT2D eigenvalue weighted by molar-refractivity contribution is 5.92. The van der Waals surface area contributed by atoms with Gasteiger partial charge in [-0.1, -0.05) is 45.6 Å². The van der Waals surface area contributed by atoms with E-state index in [0.29, 0.717) is 37.3 Å². The van der Waals surface area contributed by atoms with Gasteiger partial charge in [0, 0.05) is 13.0 Å². The van der Waals surface area contributed by atoms with Crippen molar-refractivity contribution in [2.45, 2.75) is 116 Å². The highest BCUT2D eigenvalue weighted by Gasteiger charge is 2.40. The van der Waals surface area contributed by atoms with Crippen molar-refractivity contribution in [3.63, 3.8) is 0 Å². The molecule has 1 saturated carbocycles. The summed E-state index contributed by atoms with van der Waals surface area (Å²) in [5.74, 6) is -1.52. The zero-order valence-corrected chi connectivity index (χ0v) is 23.6. The minimum Gasteiger partial charge on any atom is -0.504 e. The number of nitrogens with one attached hydrogen (secondary N) is 1. The second-order valence-electron chi connectivity index (χ2n) is 11.3. The van der Waals surface area contributed by atoms with E-state index >= 15 is 0 Å². The predicted molar refractivity (Wildman–Crippen MR) is 147 cm³/mol.